The minimum absolute atomic E-state index is 0.0371. The molecule has 1 fully saturated rings. The first kappa shape index (κ1) is 107. The van der Waals surface area contributed by atoms with Crippen molar-refractivity contribution in [3.8, 4) is 0 Å². The highest BCUT2D eigenvalue weighted by molar-refractivity contribution is 5.83. The average Bonchev–Trinajstić information content (AvgIpc) is 0.758. The van der Waals surface area contributed by atoms with E-state index in [4.69, 9.17) is 29.5 Å². The Morgan fingerprint density at radius 2 is 0.602 bits per heavy atom. The molecule has 0 bridgehead atoms. The molecule has 1 saturated carbocycles. The van der Waals surface area contributed by atoms with E-state index in [0.29, 0.717) is 57.8 Å². The molecule has 0 aromatic heterocycles. The summed E-state index contributed by atoms with van der Waals surface area (Å²) in [6.07, 6.45) is 57.9. The van der Waals surface area contributed by atoms with Crippen LogP contribution in [0.25, 0.3) is 0 Å². The first-order valence-electron chi connectivity index (χ1n) is 45.6. The van der Waals surface area contributed by atoms with Crippen LogP contribution in [0.4, 0.5) is 0 Å². The Kier molecular flexibility index (Phi) is 58.8. The van der Waals surface area contributed by atoms with Gasteiger partial charge in [0.1, 0.15) is 13.2 Å². The van der Waals surface area contributed by atoms with Gasteiger partial charge in [-0.3, -0.25) is 52.7 Å². The molecule has 11 N–H and O–H groups in total. The number of esters is 2. The number of carbonyl (C=O) groups is 11. The minimum atomic E-state index is -1.01. The number of hydrogen-bond donors (Lipinski definition) is 11. The van der Waals surface area contributed by atoms with Crippen molar-refractivity contribution in [1.29, 1.82) is 0 Å². The predicted molar refractivity (Wildman–Crippen MR) is 451 cm³/mol. The van der Waals surface area contributed by atoms with Crippen LogP contribution in [0.3, 0.4) is 0 Å². The third-order valence-corrected chi connectivity index (χ3v) is 24.9. The van der Waals surface area contributed by atoms with Crippen LogP contribution in [0, 0.1) is 94.2 Å². The summed E-state index contributed by atoms with van der Waals surface area (Å²) in [6, 6.07) is 0. The van der Waals surface area contributed by atoms with Crippen LogP contribution in [0.5, 0.6) is 0 Å². The molecule has 0 amide bonds. The van der Waals surface area contributed by atoms with Crippen LogP contribution in [-0.4, -0.2) is 161 Å². The van der Waals surface area contributed by atoms with Crippen molar-refractivity contribution in [2.24, 2.45) is 94.2 Å². The van der Waals surface area contributed by atoms with E-state index in [2.05, 4.69) is 33.8 Å². The molecule has 0 saturated heterocycles. The monoisotopic (exact) mass is 1670 g/mol. The topological polar surface area (TPSA) is 438 Å². The first-order valence-corrected chi connectivity index (χ1v) is 45.6. The fourth-order valence-electron chi connectivity index (χ4n) is 18.5. The lowest BCUT2D eigenvalue weighted by Crippen LogP contribution is -2.47. The van der Waals surface area contributed by atoms with Gasteiger partial charge in [-0.05, 0) is 125 Å². The third kappa shape index (κ3) is 42.5. The third-order valence-electron chi connectivity index (χ3n) is 24.9. The highest BCUT2D eigenvalue weighted by Crippen LogP contribution is 2.52. The Labute approximate surface area is 703 Å². The number of aliphatic hydroxyl groups excluding tert-OH is 2. The molecule has 118 heavy (non-hydrogen) atoms. The van der Waals surface area contributed by atoms with Gasteiger partial charge in [-0.15, -0.1) is 0 Å². The van der Waals surface area contributed by atoms with Gasteiger partial charge < -0.3 is 70.4 Å². The number of carboxylic acids is 9. The highest BCUT2D eigenvalue weighted by atomic mass is 16.6. The van der Waals surface area contributed by atoms with Gasteiger partial charge in [-0.1, -0.05) is 282 Å². The van der Waals surface area contributed by atoms with Gasteiger partial charge in [-0.2, -0.15) is 0 Å². The van der Waals surface area contributed by atoms with Gasteiger partial charge >= 0.3 is 65.7 Å². The zero-order valence-corrected chi connectivity index (χ0v) is 72.1. The second-order valence-corrected chi connectivity index (χ2v) is 33.7. The van der Waals surface area contributed by atoms with Crippen molar-refractivity contribution in [3.63, 3.8) is 0 Å². The quantitative estimate of drug-likeness (QED) is 0.0153. The number of ether oxygens (including phenoxy) is 3. The molecule has 0 radical (unpaired) electrons. The number of hydrogen-bond acceptors (Lipinski definition) is 16. The zero-order valence-electron chi connectivity index (χ0n) is 72.1. The van der Waals surface area contributed by atoms with Crippen LogP contribution in [0.2, 0.25) is 0 Å². The fraction of sp³-hybridized carbons (Fsp3) is 0.796. The van der Waals surface area contributed by atoms with Gasteiger partial charge in [0, 0.05) is 24.7 Å². The molecule has 676 valence electrons. The van der Waals surface area contributed by atoms with Crippen molar-refractivity contribution < 1.29 is 123 Å². The largest absolute Gasteiger partial charge is 0.481 e. The maximum Gasteiger partial charge on any atom is 0.307 e. The molecule has 5 rings (SSSR count). The average molecular weight is 1670 g/mol. The summed E-state index contributed by atoms with van der Waals surface area (Å²) in [6.45, 7) is 9.08. The van der Waals surface area contributed by atoms with Crippen molar-refractivity contribution in [1.82, 2.24) is 0 Å². The Morgan fingerprint density at radius 1 is 0.305 bits per heavy atom. The summed E-state index contributed by atoms with van der Waals surface area (Å²) in [7, 11) is 0. The summed E-state index contributed by atoms with van der Waals surface area (Å²) in [5, 5.41) is 104. The van der Waals surface area contributed by atoms with Gasteiger partial charge in [0.2, 0.25) is 0 Å². The van der Waals surface area contributed by atoms with E-state index >= 15 is 0 Å². The Hall–Kier alpha value is -6.99. The summed E-state index contributed by atoms with van der Waals surface area (Å²) in [4.78, 5) is 129. The summed E-state index contributed by atoms with van der Waals surface area (Å²) in [5.41, 5.74) is -0.696. The molecule has 0 heterocycles. The molecule has 16 atom stereocenters. The Morgan fingerprint density at radius 3 is 0.915 bits per heavy atom. The standard InChI is InChI=1S/C26H44O8.C24H40O7.C22H36O6.C21H34O4/c1-2-3-4-8-11-20-14-15-21(24(26(31)32)23(20)25(29)30)12-9-6-5-7-10-13-22(28)34-19-18-33-17-16-27;1-2-3-4-8-11-18-14-15-19(22(24(29)30)21(18)23(27)28)12-9-6-5-7-10-13-20(26)31-17-16-25;1-2-3-4-8-11-16-14-15-17(20(22(27)28)19(16)21(25)26)12-9-6-5-7-10-13-18(23)24;1-2-3-4-7-10-16-12-14-21(18(15-16)20(24)25)13-9-6-5-8-11-17(21)19(22)23/h14-15,20-21,23-24,27H,2-13,16-19H2,1H3,(H,29,30)(H,31,32);14-15,18-19,21-22,25H,2-13,16-17H2,1H3,(H,27,28)(H,29,30);14-17,19-20H,2-13H2,1H3,(H,23,24)(H,25,26)(H,27,28);12,14,16-18H,2-11,13,15H2,1H3,(H,22,23)(H,24,25). The second kappa shape index (κ2) is 64.8. The van der Waals surface area contributed by atoms with Crippen LogP contribution < -0.4 is 0 Å². The Balaban J connectivity index is 0.000000536. The SMILES string of the molecule is CCCCCCC1C=CC(CCCCCCCC(=O)O)C(C(=O)O)C1C(=O)O.CCCCCCC1C=CC(CCCCCCCC(=O)OCCO)C(C(=O)O)C1C(=O)O.CCCCCCC1C=CC(CCCCCCCC(=O)OCCOCCO)C(C(=O)O)C1C(=O)O.CCCCCCC1C=CC2(CCCCCCC2C(=O)O)C(C(=O)O)C1. The maximum absolute atomic E-state index is 12.1. The number of aliphatic carboxylic acids is 9. The van der Waals surface area contributed by atoms with Crippen molar-refractivity contribution in [2.75, 3.05) is 39.6 Å². The molecule has 0 aromatic rings. The van der Waals surface area contributed by atoms with Gasteiger partial charge in [0.25, 0.3) is 0 Å². The molecular weight excluding hydrogens is 1520 g/mol. The molecule has 5 aliphatic rings. The number of allylic oxidation sites excluding steroid dienone is 8. The fourth-order valence-corrected chi connectivity index (χ4v) is 18.5. The summed E-state index contributed by atoms with van der Waals surface area (Å²) >= 11 is 0. The molecule has 16 unspecified atom stereocenters. The number of rotatable bonds is 59. The molecule has 0 aliphatic heterocycles. The second-order valence-electron chi connectivity index (χ2n) is 33.7. The zero-order chi connectivity index (χ0) is 87.5. The molecule has 0 aromatic carbocycles. The van der Waals surface area contributed by atoms with Crippen molar-refractivity contribution in [2.45, 2.75) is 336 Å². The summed E-state index contributed by atoms with van der Waals surface area (Å²) in [5.74, 6) is -16.5. The van der Waals surface area contributed by atoms with Gasteiger partial charge in [-0.25, -0.2) is 0 Å². The number of carboxylic acid groups (broad SMARTS) is 9. The lowest BCUT2D eigenvalue weighted by Gasteiger charge is -2.45. The first-order chi connectivity index (χ1) is 56.7. The number of aliphatic hydroxyl groups is 2. The molecule has 1 spiro atoms. The maximum atomic E-state index is 12.1. The van der Waals surface area contributed by atoms with Crippen LogP contribution in [0.1, 0.15) is 336 Å². The lowest BCUT2D eigenvalue weighted by atomic mass is 9.57. The Bertz CT molecular complexity index is 2980. The number of unbranched alkanes of at least 4 members (excludes halogenated alkanes) is 24. The van der Waals surface area contributed by atoms with E-state index in [-0.39, 0.29) is 99.4 Å². The van der Waals surface area contributed by atoms with Crippen LogP contribution in [0.15, 0.2) is 48.6 Å². The van der Waals surface area contributed by atoms with Crippen molar-refractivity contribution in [3.05, 3.63) is 48.6 Å². The van der Waals surface area contributed by atoms with E-state index in [0.717, 1.165) is 225 Å². The van der Waals surface area contributed by atoms with E-state index < -0.39 is 106 Å². The molecular formula is C93H154O25. The van der Waals surface area contributed by atoms with E-state index in [1.807, 2.05) is 42.5 Å². The normalized spacial score (nSPS) is 25.1. The predicted octanol–water partition coefficient (Wildman–Crippen LogP) is 19.1. The van der Waals surface area contributed by atoms with Gasteiger partial charge in [0.15, 0.2) is 0 Å². The van der Waals surface area contributed by atoms with E-state index in [1.54, 1.807) is 0 Å². The smallest absolute Gasteiger partial charge is 0.307 e. The molecule has 25 heteroatoms. The minimum Gasteiger partial charge on any atom is -0.481 e. The van der Waals surface area contributed by atoms with Crippen molar-refractivity contribution >= 4 is 65.7 Å². The van der Waals surface area contributed by atoms with Gasteiger partial charge in [0.05, 0.1) is 73.8 Å². The summed E-state index contributed by atoms with van der Waals surface area (Å²) < 4.78 is 14.9. The highest BCUT2D eigenvalue weighted by Gasteiger charge is 2.52. The van der Waals surface area contributed by atoms with E-state index in [1.165, 1.54) is 19.3 Å². The number of carbonyl (C=O) groups excluding carboxylic acids is 2. The van der Waals surface area contributed by atoms with Crippen LogP contribution >= 0.6 is 0 Å². The molecule has 25 nitrogen and oxygen atoms in total. The van der Waals surface area contributed by atoms with E-state index in [9.17, 15) is 93.6 Å². The van der Waals surface area contributed by atoms with Crippen LogP contribution in [-0.2, 0) is 67.0 Å². The molecule has 5 aliphatic carbocycles. The lowest BCUT2D eigenvalue weighted by molar-refractivity contribution is -0.158.